The molecule has 6 nitrogen and oxygen atoms in total. The Bertz CT molecular complexity index is 468. The highest BCUT2D eigenvalue weighted by Gasteiger charge is 2.28. The van der Waals surface area contributed by atoms with E-state index in [1.165, 1.54) is 0 Å². The average Bonchev–Trinajstić information content (AvgIpc) is 2.59. The van der Waals surface area contributed by atoms with Crippen LogP contribution in [0.3, 0.4) is 0 Å². The minimum atomic E-state index is -3.96. The zero-order valence-electron chi connectivity index (χ0n) is 7.58. The Balaban J connectivity index is 2.21. The Labute approximate surface area is 86.9 Å². The summed E-state index contributed by atoms with van der Waals surface area (Å²) in [6, 6.07) is 6.85. The fraction of sp³-hybridized carbons (Fsp3) is 0. The van der Waals surface area contributed by atoms with E-state index in [2.05, 4.69) is 20.7 Å². The fourth-order valence-electron chi connectivity index (χ4n) is 1.04. The fourth-order valence-corrected chi connectivity index (χ4v) is 1.53. The zero-order chi connectivity index (χ0) is 10.9. The second-order valence-electron chi connectivity index (χ2n) is 2.75. The minimum Gasteiger partial charge on any atom is -0.165 e. The molecule has 2 rings (SSSR count). The van der Waals surface area contributed by atoms with Gasteiger partial charge in [-0.05, 0) is 17.7 Å². The Morgan fingerprint density at radius 3 is 2.47 bits per heavy atom. The first-order chi connectivity index (χ1) is 7.11. The van der Waals surface area contributed by atoms with Crippen LogP contribution in [0.5, 0.6) is 0 Å². The summed E-state index contributed by atoms with van der Waals surface area (Å²) in [5, 5.41) is 0.905. The molecule has 1 heterocycles. The van der Waals surface area contributed by atoms with Crippen LogP contribution in [0.25, 0.3) is 6.08 Å². The molecule has 0 bridgehead atoms. The van der Waals surface area contributed by atoms with E-state index in [9.17, 15) is 8.42 Å². The molecule has 1 aliphatic heterocycles. The molecule has 7 heteroatoms. The molecule has 1 saturated heterocycles. The van der Waals surface area contributed by atoms with Gasteiger partial charge in [0.2, 0.25) is 0 Å². The normalized spacial score (nSPS) is 19.1. The Kier molecular flexibility index (Phi) is 2.45. The molecule has 1 aliphatic rings. The van der Waals surface area contributed by atoms with Crippen molar-refractivity contribution in [3.05, 3.63) is 36.4 Å². The van der Waals surface area contributed by atoms with Gasteiger partial charge < -0.3 is 0 Å². The molecule has 1 aromatic rings. The van der Waals surface area contributed by atoms with Crippen LogP contribution in [0.15, 0.2) is 30.8 Å². The van der Waals surface area contributed by atoms with Crippen LogP contribution in [0.2, 0.25) is 0 Å². The number of anilines is 1. The summed E-state index contributed by atoms with van der Waals surface area (Å²) in [7, 11) is -3.96. The highest BCUT2D eigenvalue weighted by atomic mass is 32.3. The molecular weight excluding hydrogens is 220 g/mol. The van der Waals surface area contributed by atoms with Gasteiger partial charge >= 0.3 is 10.4 Å². The van der Waals surface area contributed by atoms with E-state index in [4.69, 9.17) is 0 Å². The molecule has 80 valence electrons. The van der Waals surface area contributed by atoms with Crippen molar-refractivity contribution in [3.8, 4) is 0 Å². The average molecular weight is 228 g/mol. The highest BCUT2D eigenvalue weighted by molar-refractivity contribution is 7.82. The van der Waals surface area contributed by atoms with Crippen LogP contribution in [-0.2, 0) is 19.0 Å². The summed E-state index contributed by atoms with van der Waals surface area (Å²) in [5.41, 5.74) is 3.52. The lowest BCUT2D eigenvalue weighted by molar-refractivity contribution is 0.198. The predicted molar refractivity (Wildman–Crippen MR) is 53.2 cm³/mol. The van der Waals surface area contributed by atoms with Crippen molar-refractivity contribution in [2.75, 3.05) is 5.17 Å². The van der Waals surface area contributed by atoms with Crippen molar-refractivity contribution in [2.45, 2.75) is 0 Å². The van der Waals surface area contributed by atoms with Gasteiger partial charge in [0, 0.05) is 0 Å². The molecule has 0 unspecified atom stereocenters. The van der Waals surface area contributed by atoms with Crippen molar-refractivity contribution in [1.82, 2.24) is 5.59 Å². The molecule has 0 radical (unpaired) electrons. The van der Waals surface area contributed by atoms with Crippen molar-refractivity contribution in [2.24, 2.45) is 0 Å². The van der Waals surface area contributed by atoms with Crippen molar-refractivity contribution in [3.63, 3.8) is 0 Å². The van der Waals surface area contributed by atoms with E-state index in [0.29, 0.717) is 5.69 Å². The van der Waals surface area contributed by atoms with Crippen molar-refractivity contribution in [1.29, 1.82) is 0 Å². The molecular formula is C8H8N2O4S. The SMILES string of the molecule is C=Cc1ccc(N2NOS(=O)(=O)O2)cc1. The lowest BCUT2D eigenvalue weighted by atomic mass is 10.2. The third-order valence-electron chi connectivity index (χ3n) is 1.75. The van der Waals surface area contributed by atoms with Crippen LogP contribution in [-0.4, -0.2) is 8.42 Å². The maximum absolute atomic E-state index is 10.8. The molecule has 0 saturated carbocycles. The standard InChI is InChI=1S/C8H8N2O4S/c1-2-7-3-5-8(6-4-7)10-9-13-15(11,12)14-10/h2-6,9H,1H2. The quantitative estimate of drug-likeness (QED) is 0.806. The summed E-state index contributed by atoms with van der Waals surface area (Å²) < 4.78 is 30.2. The Hall–Kier alpha value is -1.41. The highest BCUT2D eigenvalue weighted by Crippen LogP contribution is 2.19. The lowest BCUT2D eigenvalue weighted by Crippen LogP contribution is -2.28. The van der Waals surface area contributed by atoms with Crippen LogP contribution >= 0.6 is 0 Å². The van der Waals surface area contributed by atoms with E-state index >= 15 is 0 Å². The Morgan fingerprint density at radius 2 is 2.00 bits per heavy atom. The molecule has 1 fully saturated rings. The maximum atomic E-state index is 10.8. The lowest BCUT2D eigenvalue weighted by Gasteiger charge is -2.10. The number of nitrogens with zero attached hydrogens (tertiary/aromatic N) is 1. The van der Waals surface area contributed by atoms with Gasteiger partial charge in [-0.1, -0.05) is 30.4 Å². The van der Waals surface area contributed by atoms with Gasteiger partial charge in [-0.25, -0.2) is 0 Å². The van der Waals surface area contributed by atoms with Gasteiger partial charge in [0.15, 0.2) is 0 Å². The third-order valence-corrected chi connectivity index (χ3v) is 2.36. The van der Waals surface area contributed by atoms with Crippen LogP contribution in [0.4, 0.5) is 5.69 Å². The van der Waals surface area contributed by atoms with E-state index in [1.807, 2.05) is 0 Å². The molecule has 1 N–H and O–H groups in total. The largest absolute Gasteiger partial charge is 0.440 e. The summed E-state index contributed by atoms with van der Waals surface area (Å²) in [4.78, 5) is 0. The number of hydrogen-bond acceptors (Lipinski definition) is 6. The molecule has 1 aromatic carbocycles. The van der Waals surface area contributed by atoms with Crippen molar-refractivity contribution >= 4 is 22.2 Å². The second-order valence-corrected chi connectivity index (χ2v) is 3.88. The predicted octanol–water partition coefficient (Wildman–Crippen LogP) is 0.762. The summed E-state index contributed by atoms with van der Waals surface area (Å²) in [5.74, 6) is 0. The molecule has 0 aromatic heterocycles. The first kappa shape index (κ1) is 10.1. The third kappa shape index (κ3) is 2.16. The first-order valence-corrected chi connectivity index (χ1v) is 5.35. The van der Waals surface area contributed by atoms with Gasteiger partial charge in [-0.15, -0.1) is 13.7 Å². The van der Waals surface area contributed by atoms with Gasteiger partial charge in [-0.3, -0.25) is 0 Å². The van der Waals surface area contributed by atoms with Crippen LogP contribution in [0.1, 0.15) is 5.56 Å². The summed E-state index contributed by atoms with van der Waals surface area (Å²) >= 11 is 0. The molecule has 0 spiro atoms. The van der Waals surface area contributed by atoms with E-state index in [-0.39, 0.29) is 0 Å². The number of rotatable bonds is 2. The first-order valence-electron chi connectivity index (χ1n) is 4.02. The Morgan fingerprint density at radius 1 is 1.33 bits per heavy atom. The molecule has 0 atom stereocenters. The monoisotopic (exact) mass is 228 g/mol. The van der Waals surface area contributed by atoms with Crippen LogP contribution in [0, 0.1) is 0 Å². The second kappa shape index (κ2) is 3.63. The molecule has 0 amide bonds. The minimum absolute atomic E-state index is 0.502. The van der Waals surface area contributed by atoms with Gasteiger partial charge in [0.1, 0.15) is 0 Å². The van der Waals surface area contributed by atoms with E-state index < -0.39 is 10.4 Å². The molecule has 15 heavy (non-hydrogen) atoms. The van der Waals surface area contributed by atoms with E-state index in [0.717, 1.165) is 10.7 Å². The topological polar surface area (TPSA) is 67.9 Å². The maximum Gasteiger partial charge on any atom is 0.440 e. The van der Waals surface area contributed by atoms with E-state index in [1.54, 1.807) is 30.3 Å². The van der Waals surface area contributed by atoms with Gasteiger partial charge in [0.25, 0.3) is 0 Å². The number of hydrogen-bond donors (Lipinski definition) is 1. The zero-order valence-corrected chi connectivity index (χ0v) is 8.40. The van der Waals surface area contributed by atoms with Crippen LogP contribution < -0.4 is 10.8 Å². The number of nitrogens with one attached hydrogen (secondary N) is 1. The molecule has 0 aliphatic carbocycles. The van der Waals surface area contributed by atoms with Gasteiger partial charge in [0.05, 0.1) is 5.69 Å². The number of benzene rings is 1. The van der Waals surface area contributed by atoms with Gasteiger partial charge in [-0.2, -0.15) is 8.42 Å². The smallest absolute Gasteiger partial charge is 0.165 e. The summed E-state index contributed by atoms with van der Waals surface area (Å²) in [6.07, 6.45) is 1.68. The summed E-state index contributed by atoms with van der Waals surface area (Å²) in [6.45, 7) is 3.60. The number of hydrazine groups is 1. The van der Waals surface area contributed by atoms with Crippen molar-refractivity contribution < 1.29 is 17.0 Å².